The van der Waals surface area contributed by atoms with Gasteiger partial charge in [0.05, 0.1) is 5.02 Å². The van der Waals surface area contributed by atoms with Gasteiger partial charge in [0, 0.05) is 5.56 Å². The number of halogens is 1. The summed E-state index contributed by atoms with van der Waals surface area (Å²) in [5.74, 6) is 0.180. The lowest BCUT2D eigenvalue weighted by molar-refractivity contribution is 0.477. The number of aromatic hydroxyl groups is 1. The maximum atomic E-state index is 10.2. The van der Waals surface area contributed by atoms with Gasteiger partial charge in [0.25, 0.3) is 0 Å². The predicted octanol–water partition coefficient (Wildman–Crippen LogP) is 6.62. The Kier molecular flexibility index (Phi) is 6.79. The molecule has 0 fully saturated rings. The Morgan fingerprint density at radius 2 is 1.59 bits per heavy atom. The number of aryl methyl sites for hydroxylation is 1. The molecule has 0 amide bonds. The second-order valence-electron chi connectivity index (χ2n) is 5.86. The highest BCUT2D eigenvalue weighted by atomic mass is 35.5. The summed E-state index contributed by atoms with van der Waals surface area (Å²) < 4.78 is 0. The van der Waals surface area contributed by atoms with Gasteiger partial charge >= 0.3 is 0 Å². The highest BCUT2D eigenvalue weighted by Gasteiger charge is 2.10. The Morgan fingerprint density at radius 3 is 2.32 bits per heavy atom. The molecule has 22 heavy (non-hydrogen) atoms. The summed E-state index contributed by atoms with van der Waals surface area (Å²) in [5, 5.41) is 10.7. The third-order valence-electron chi connectivity index (χ3n) is 4.03. The van der Waals surface area contributed by atoms with Crippen molar-refractivity contribution < 1.29 is 5.11 Å². The van der Waals surface area contributed by atoms with Crippen LogP contribution in [0.2, 0.25) is 5.02 Å². The van der Waals surface area contributed by atoms with Gasteiger partial charge in [-0.05, 0) is 36.1 Å². The van der Waals surface area contributed by atoms with Crippen molar-refractivity contribution in [1.82, 2.24) is 0 Å². The highest BCUT2D eigenvalue weighted by molar-refractivity contribution is 6.32. The number of hydrogen-bond acceptors (Lipinski definition) is 1. The summed E-state index contributed by atoms with van der Waals surface area (Å²) in [7, 11) is 0. The molecule has 0 aliphatic carbocycles. The van der Waals surface area contributed by atoms with E-state index in [1.54, 1.807) is 0 Å². The smallest absolute Gasteiger partial charge is 0.142 e. The lowest BCUT2D eigenvalue weighted by Crippen LogP contribution is -1.89. The third-order valence-corrected chi connectivity index (χ3v) is 4.32. The molecule has 2 heteroatoms. The fourth-order valence-electron chi connectivity index (χ4n) is 2.75. The van der Waals surface area contributed by atoms with Crippen LogP contribution in [0.3, 0.4) is 0 Å². The maximum absolute atomic E-state index is 10.2. The Bertz CT molecular complexity index is 578. The Balaban J connectivity index is 2.02. The van der Waals surface area contributed by atoms with Crippen LogP contribution >= 0.6 is 11.6 Å². The molecule has 2 aromatic carbocycles. The van der Waals surface area contributed by atoms with Crippen molar-refractivity contribution in [2.24, 2.45) is 0 Å². The molecule has 1 nitrogen and oxygen atoms in total. The molecule has 0 heterocycles. The van der Waals surface area contributed by atoms with Gasteiger partial charge in [-0.25, -0.2) is 0 Å². The summed E-state index contributed by atoms with van der Waals surface area (Å²) >= 11 is 6.20. The largest absolute Gasteiger partial charge is 0.506 e. The Hall–Kier alpha value is -1.47. The molecule has 0 spiro atoms. The fourth-order valence-corrected chi connectivity index (χ4v) is 2.99. The number of benzene rings is 2. The summed E-state index contributed by atoms with van der Waals surface area (Å²) in [5.41, 5.74) is 3.04. The third kappa shape index (κ3) is 4.78. The minimum Gasteiger partial charge on any atom is -0.506 e. The molecular weight excluding hydrogens is 292 g/mol. The van der Waals surface area contributed by atoms with Crippen LogP contribution in [0.15, 0.2) is 42.5 Å². The minimum atomic E-state index is 0.180. The average molecular weight is 317 g/mol. The van der Waals surface area contributed by atoms with Crippen LogP contribution in [0.4, 0.5) is 0 Å². The zero-order valence-corrected chi connectivity index (χ0v) is 14.1. The van der Waals surface area contributed by atoms with E-state index < -0.39 is 0 Å². The molecule has 0 atom stereocenters. The van der Waals surface area contributed by atoms with E-state index in [9.17, 15) is 5.11 Å². The van der Waals surface area contributed by atoms with Crippen molar-refractivity contribution in [3.05, 3.63) is 53.1 Å². The summed E-state index contributed by atoms with van der Waals surface area (Å²) in [4.78, 5) is 0. The Labute approximate surface area is 139 Å². The zero-order chi connectivity index (χ0) is 15.8. The molecule has 2 aromatic rings. The number of unbranched alkanes of at least 4 members (excludes halogenated alkanes) is 5. The number of rotatable bonds is 8. The minimum absolute atomic E-state index is 0.180. The molecule has 0 saturated carbocycles. The van der Waals surface area contributed by atoms with Gasteiger partial charge in [0.1, 0.15) is 5.75 Å². The fraction of sp³-hybridized carbons (Fsp3) is 0.400. The first kappa shape index (κ1) is 16.9. The van der Waals surface area contributed by atoms with Crippen LogP contribution in [-0.2, 0) is 6.42 Å². The topological polar surface area (TPSA) is 20.2 Å². The first-order chi connectivity index (χ1) is 10.7. The van der Waals surface area contributed by atoms with E-state index in [0.29, 0.717) is 5.02 Å². The van der Waals surface area contributed by atoms with Crippen molar-refractivity contribution >= 4 is 11.6 Å². The first-order valence-corrected chi connectivity index (χ1v) is 8.67. The van der Waals surface area contributed by atoms with Crippen molar-refractivity contribution in [3.63, 3.8) is 0 Å². The van der Waals surface area contributed by atoms with Crippen molar-refractivity contribution in [2.75, 3.05) is 0 Å². The van der Waals surface area contributed by atoms with E-state index in [0.717, 1.165) is 17.5 Å². The molecule has 0 aliphatic rings. The lowest BCUT2D eigenvalue weighted by Gasteiger charge is -2.10. The van der Waals surface area contributed by atoms with Crippen molar-refractivity contribution in [1.29, 1.82) is 0 Å². The van der Waals surface area contributed by atoms with Crippen LogP contribution in [-0.4, -0.2) is 5.11 Å². The standard InChI is InChI=1S/C20H25ClO/c1-2-3-4-5-6-8-11-16-14-18(20(22)19(21)15-16)17-12-9-7-10-13-17/h7,9-10,12-15,22H,2-6,8,11H2,1H3. The van der Waals surface area contributed by atoms with E-state index in [1.807, 2.05) is 36.4 Å². The zero-order valence-electron chi connectivity index (χ0n) is 13.3. The molecule has 0 bridgehead atoms. The van der Waals surface area contributed by atoms with E-state index in [1.165, 1.54) is 44.1 Å². The van der Waals surface area contributed by atoms with E-state index >= 15 is 0 Å². The van der Waals surface area contributed by atoms with Crippen LogP contribution < -0.4 is 0 Å². The van der Waals surface area contributed by atoms with E-state index in [-0.39, 0.29) is 5.75 Å². The summed E-state index contributed by atoms with van der Waals surface area (Å²) in [6.07, 6.45) is 8.73. The van der Waals surface area contributed by atoms with E-state index in [4.69, 9.17) is 11.6 Å². The van der Waals surface area contributed by atoms with Gasteiger partial charge in [-0.1, -0.05) is 81.0 Å². The van der Waals surface area contributed by atoms with Crippen molar-refractivity contribution in [2.45, 2.75) is 51.9 Å². The molecule has 0 radical (unpaired) electrons. The highest BCUT2D eigenvalue weighted by Crippen LogP contribution is 2.36. The molecule has 118 valence electrons. The van der Waals surface area contributed by atoms with Gasteiger partial charge in [0.2, 0.25) is 0 Å². The maximum Gasteiger partial charge on any atom is 0.142 e. The SMILES string of the molecule is CCCCCCCCc1cc(Cl)c(O)c(-c2ccccc2)c1. The molecule has 1 N–H and O–H groups in total. The second-order valence-corrected chi connectivity index (χ2v) is 6.26. The van der Waals surface area contributed by atoms with Crippen LogP contribution in [0.25, 0.3) is 11.1 Å². The average Bonchev–Trinajstić information content (AvgIpc) is 2.54. The summed E-state index contributed by atoms with van der Waals surface area (Å²) in [6, 6.07) is 13.9. The number of hydrogen-bond donors (Lipinski definition) is 1. The number of phenols is 1. The molecule has 0 saturated heterocycles. The van der Waals surface area contributed by atoms with Crippen LogP contribution in [0, 0.1) is 0 Å². The van der Waals surface area contributed by atoms with Crippen molar-refractivity contribution in [3.8, 4) is 16.9 Å². The molecule has 0 aromatic heterocycles. The quantitative estimate of drug-likeness (QED) is 0.543. The van der Waals surface area contributed by atoms with Gasteiger partial charge in [-0.15, -0.1) is 0 Å². The van der Waals surface area contributed by atoms with Crippen LogP contribution in [0.1, 0.15) is 51.0 Å². The second kappa shape index (κ2) is 8.85. The Morgan fingerprint density at radius 1 is 0.909 bits per heavy atom. The number of phenolic OH excluding ortho intramolecular Hbond substituents is 1. The summed E-state index contributed by atoms with van der Waals surface area (Å²) in [6.45, 7) is 2.24. The molecule has 0 aliphatic heterocycles. The van der Waals surface area contributed by atoms with Gasteiger partial charge in [0.15, 0.2) is 0 Å². The van der Waals surface area contributed by atoms with Gasteiger partial charge in [-0.2, -0.15) is 0 Å². The van der Waals surface area contributed by atoms with Crippen LogP contribution in [0.5, 0.6) is 5.75 Å². The normalized spacial score (nSPS) is 10.8. The van der Waals surface area contributed by atoms with Gasteiger partial charge < -0.3 is 5.11 Å². The lowest BCUT2D eigenvalue weighted by atomic mass is 9.98. The molecular formula is C20H25ClO. The predicted molar refractivity (Wildman–Crippen MR) is 95.6 cm³/mol. The van der Waals surface area contributed by atoms with Gasteiger partial charge in [-0.3, -0.25) is 0 Å². The first-order valence-electron chi connectivity index (χ1n) is 8.29. The monoisotopic (exact) mass is 316 g/mol. The molecule has 2 rings (SSSR count). The molecule has 0 unspecified atom stereocenters. The van der Waals surface area contributed by atoms with E-state index in [2.05, 4.69) is 13.0 Å².